The minimum atomic E-state index is -0.402. The van der Waals surface area contributed by atoms with E-state index < -0.39 is 5.82 Å². The molecule has 2 aromatic heterocycles. The van der Waals surface area contributed by atoms with Gasteiger partial charge in [0.15, 0.2) is 0 Å². The van der Waals surface area contributed by atoms with Gasteiger partial charge in [-0.25, -0.2) is 13.5 Å². The van der Waals surface area contributed by atoms with E-state index in [4.69, 9.17) is 0 Å². The fraction of sp³-hybridized carbons (Fsp3) is 0.0800. The second kappa shape index (κ2) is 7.98. The summed E-state index contributed by atoms with van der Waals surface area (Å²) in [6.07, 6.45) is 1.48. The van der Waals surface area contributed by atoms with Crippen LogP contribution in [0.2, 0.25) is 0 Å². The number of carbonyl (C=O) groups excluding carboxylic acids is 1. The average molecular weight is 444 g/mol. The molecule has 0 aliphatic carbocycles. The van der Waals surface area contributed by atoms with E-state index in [-0.39, 0.29) is 23.3 Å². The standard InChI is InChI=1S/C25H18F2N4O2/c1-14(15-2-5-17(26)6-3-15)29-24(32)16-4-11-22-20(12-16)23-21(13-28-22)25(33)31(30-23)19-9-7-18(27)8-10-19/h2-14,30H,1H3,(H,29,32)/t14-/m1/s1. The van der Waals surface area contributed by atoms with Gasteiger partial charge in [-0.3, -0.25) is 19.7 Å². The molecular weight excluding hydrogens is 426 g/mol. The van der Waals surface area contributed by atoms with Crippen LogP contribution < -0.4 is 10.9 Å². The second-order valence-corrected chi connectivity index (χ2v) is 7.75. The zero-order valence-electron chi connectivity index (χ0n) is 17.5. The molecule has 0 bridgehead atoms. The van der Waals surface area contributed by atoms with Crippen molar-refractivity contribution in [2.24, 2.45) is 0 Å². The first-order valence-electron chi connectivity index (χ1n) is 10.3. The third kappa shape index (κ3) is 3.76. The van der Waals surface area contributed by atoms with Crippen LogP contribution in [-0.2, 0) is 0 Å². The number of H-pyrrole nitrogens is 1. The maximum absolute atomic E-state index is 13.3. The molecule has 8 heteroatoms. The number of benzene rings is 3. The summed E-state index contributed by atoms with van der Waals surface area (Å²) in [5, 5.41) is 6.91. The van der Waals surface area contributed by atoms with E-state index in [0.29, 0.717) is 33.1 Å². The van der Waals surface area contributed by atoms with Gasteiger partial charge in [0, 0.05) is 17.1 Å². The highest BCUT2D eigenvalue weighted by Gasteiger charge is 2.16. The number of nitrogens with one attached hydrogen (secondary N) is 2. The van der Waals surface area contributed by atoms with Crippen molar-refractivity contribution in [3.63, 3.8) is 0 Å². The fourth-order valence-corrected chi connectivity index (χ4v) is 3.79. The van der Waals surface area contributed by atoms with Gasteiger partial charge in [0.1, 0.15) is 11.6 Å². The number of hydrogen-bond acceptors (Lipinski definition) is 3. The van der Waals surface area contributed by atoms with Crippen molar-refractivity contribution in [3.8, 4) is 5.69 Å². The third-order valence-electron chi connectivity index (χ3n) is 5.59. The summed E-state index contributed by atoms with van der Waals surface area (Å²) in [6.45, 7) is 1.81. The summed E-state index contributed by atoms with van der Waals surface area (Å²) in [7, 11) is 0. The molecule has 2 heterocycles. The first-order valence-corrected chi connectivity index (χ1v) is 10.3. The van der Waals surface area contributed by atoms with E-state index in [1.807, 2.05) is 6.92 Å². The summed E-state index contributed by atoms with van der Waals surface area (Å²) in [4.78, 5) is 30.1. The number of fused-ring (bicyclic) bond motifs is 3. The Bertz CT molecular complexity index is 1550. The summed E-state index contributed by atoms with van der Waals surface area (Å²) in [5.74, 6) is -1.06. The smallest absolute Gasteiger partial charge is 0.280 e. The van der Waals surface area contributed by atoms with Crippen molar-refractivity contribution in [2.45, 2.75) is 13.0 Å². The lowest BCUT2D eigenvalue weighted by Crippen LogP contribution is -2.26. The molecule has 2 N–H and O–H groups in total. The largest absolute Gasteiger partial charge is 0.346 e. The quantitative estimate of drug-likeness (QED) is 0.424. The maximum Gasteiger partial charge on any atom is 0.280 e. The topological polar surface area (TPSA) is 79.8 Å². The first kappa shape index (κ1) is 20.6. The summed E-state index contributed by atoms with van der Waals surface area (Å²) in [6, 6.07) is 16.2. The molecular formula is C25H18F2N4O2. The Kier molecular flexibility index (Phi) is 4.97. The van der Waals surface area contributed by atoms with Gasteiger partial charge in [0.05, 0.1) is 28.1 Å². The van der Waals surface area contributed by atoms with E-state index in [0.717, 1.165) is 5.56 Å². The Morgan fingerprint density at radius 1 is 0.970 bits per heavy atom. The normalized spacial score (nSPS) is 12.2. The number of rotatable bonds is 4. The van der Waals surface area contributed by atoms with Crippen LogP contribution in [-0.4, -0.2) is 20.7 Å². The van der Waals surface area contributed by atoms with Gasteiger partial charge in [-0.05, 0) is 67.1 Å². The van der Waals surface area contributed by atoms with Crippen LogP contribution in [0.4, 0.5) is 8.78 Å². The molecule has 5 aromatic rings. The van der Waals surface area contributed by atoms with Gasteiger partial charge in [-0.2, -0.15) is 0 Å². The molecule has 1 atom stereocenters. The molecule has 0 saturated heterocycles. The number of nitrogens with zero attached hydrogens (tertiary/aromatic N) is 2. The second-order valence-electron chi connectivity index (χ2n) is 7.75. The third-order valence-corrected chi connectivity index (χ3v) is 5.59. The number of amides is 1. The number of halogens is 2. The minimum Gasteiger partial charge on any atom is -0.346 e. The van der Waals surface area contributed by atoms with Crippen LogP contribution in [0.25, 0.3) is 27.5 Å². The average Bonchev–Trinajstić information content (AvgIpc) is 3.16. The van der Waals surface area contributed by atoms with Gasteiger partial charge < -0.3 is 5.32 Å². The Morgan fingerprint density at radius 2 is 1.64 bits per heavy atom. The van der Waals surface area contributed by atoms with Gasteiger partial charge in [-0.1, -0.05) is 12.1 Å². The SMILES string of the molecule is C[C@@H](NC(=O)c1ccc2ncc3c(=O)n(-c4ccc(F)cc4)[nH]c3c2c1)c1ccc(F)cc1. The lowest BCUT2D eigenvalue weighted by Gasteiger charge is -2.14. The Hall–Kier alpha value is -4.33. The van der Waals surface area contributed by atoms with E-state index in [2.05, 4.69) is 15.4 Å². The lowest BCUT2D eigenvalue weighted by molar-refractivity contribution is 0.0940. The molecule has 33 heavy (non-hydrogen) atoms. The molecule has 164 valence electrons. The fourth-order valence-electron chi connectivity index (χ4n) is 3.79. The molecule has 0 aliphatic heterocycles. The number of carbonyl (C=O) groups is 1. The molecule has 6 nitrogen and oxygen atoms in total. The molecule has 0 spiro atoms. The zero-order chi connectivity index (χ0) is 23.1. The zero-order valence-corrected chi connectivity index (χ0v) is 17.5. The first-order chi connectivity index (χ1) is 15.9. The molecule has 0 aliphatic rings. The van der Waals surface area contributed by atoms with E-state index >= 15 is 0 Å². The van der Waals surface area contributed by atoms with Crippen molar-refractivity contribution in [1.29, 1.82) is 0 Å². The van der Waals surface area contributed by atoms with Gasteiger partial charge in [-0.15, -0.1) is 0 Å². The van der Waals surface area contributed by atoms with E-state index in [1.165, 1.54) is 47.3 Å². The summed E-state index contributed by atoms with van der Waals surface area (Å²) < 4.78 is 27.8. The Morgan fingerprint density at radius 3 is 2.33 bits per heavy atom. The van der Waals surface area contributed by atoms with Crippen LogP contribution in [0.1, 0.15) is 28.9 Å². The summed E-state index contributed by atoms with van der Waals surface area (Å²) >= 11 is 0. The molecule has 1 amide bonds. The van der Waals surface area contributed by atoms with Crippen LogP contribution >= 0.6 is 0 Å². The van der Waals surface area contributed by atoms with Crippen molar-refractivity contribution >= 4 is 27.7 Å². The minimum absolute atomic E-state index is 0.314. The van der Waals surface area contributed by atoms with Crippen LogP contribution in [0.3, 0.4) is 0 Å². The van der Waals surface area contributed by atoms with Crippen molar-refractivity contribution in [3.05, 3.63) is 106 Å². The molecule has 0 saturated carbocycles. The Labute approximate surface area is 186 Å². The van der Waals surface area contributed by atoms with Crippen molar-refractivity contribution in [1.82, 2.24) is 20.1 Å². The van der Waals surface area contributed by atoms with Gasteiger partial charge in [0.25, 0.3) is 11.5 Å². The van der Waals surface area contributed by atoms with Crippen LogP contribution in [0.5, 0.6) is 0 Å². The van der Waals surface area contributed by atoms with Crippen molar-refractivity contribution < 1.29 is 13.6 Å². The van der Waals surface area contributed by atoms with E-state index in [9.17, 15) is 18.4 Å². The predicted octanol–water partition coefficient (Wildman–Crippen LogP) is 4.64. The van der Waals surface area contributed by atoms with Crippen LogP contribution in [0, 0.1) is 11.6 Å². The monoisotopic (exact) mass is 444 g/mol. The molecule has 5 rings (SSSR count). The maximum atomic E-state index is 13.3. The highest BCUT2D eigenvalue weighted by Crippen LogP contribution is 2.23. The summed E-state index contributed by atoms with van der Waals surface area (Å²) in [5.41, 5.74) is 2.45. The molecule has 0 radical (unpaired) electrons. The molecule has 0 unspecified atom stereocenters. The van der Waals surface area contributed by atoms with E-state index in [1.54, 1.807) is 30.3 Å². The van der Waals surface area contributed by atoms with Gasteiger partial charge >= 0.3 is 0 Å². The molecule has 0 fully saturated rings. The lowest BCUT2D eigenvalue weighted by atomic mass is 10.1. The number of aromatic nitrogens is 3. The van der Waals surface area contributed by atoms with Crippen molar-refractivity contribution in [2.75, 3.05) is 0 Å². The predicted molar refractivity (Wildman–Crippen MR) is 121 cm³/mol. The van der Waals surface area contributed by atoms with Crippen LogP contribution in [0.15, 0.2) is 77.7 Å². The highest BCUT2D eigenvalue weighted by atomic mass is 19.1. The molecule has 3 aromatic carbocycles. The Balaban J connectivity index is 1.53. The number of hydrogen-bond donors (Lipinski definition) is 2. The number of pyridine rings is 1. The van der Waals surface area contributed by atoms with Gasteiger partial charge in [0.2, 0.25) is 0 Å². The number of aromatic amines is 1. The highest BCUT2D eigenvalue weighted by molar-refractivity contribution is 6.06.